The largest absolute Gasteiger partial charge is 0.381 e. The van der Waals surface area contributed by atoms with Crippen LogP contribution >= 0.6 is 11.3 Å². The number of aromatic nitrogens is 2. The van der Waals surface area contributed by atoms with Crippen molar-refractivity contribution in [1.29, 1.82) is 5.26 Å². The van der Waals surface area contributed by atoms with Gasteiger partial charge in [0.05, 0.1) is 11.6 Å². The van der Waals surface area contributed by atoms with E-state index in [-0.39, 0.29) is 24.2 Å². The number of aryl methyl sites for hydroxylation is 1. The van der Waals surface area contributed by atoms with Crippen molar-refractivity contribution >= 4 is 33.1 Å². The molecule has 150 valence electrons. The fourth-order valence-corrected chi connectivity index (χ4v) is 5.90. The molecule has 0 bridgehead atoms. The molecular formula is C17H22N6O3S2. The molecule has 0 spiro atoms. The SMILES string of the molecule is N#Cc1c(N)n[nH]c1CCCNC(=O)C1CCCN(S(=O)(=O)c2cccs2)C1. The van der Waals surface area contributed by atoms with Gasteiger partial charge >= 0.3 is 0 Å². The molecule has 3 rings (SSSR count). The van der Waals surface area contributed by atoms with Crippen LogP contribution in [0.1, 0.15) is 30.5 Å². The zero-order chi connectivity index (χ0) is 20.1. The topological polar surface area (TPSA) is 145 Å². The number of thiophene rings is 1. The Kier molecular flexibility index (Phi) is 6.33. The van der Waals surface area contributed by atoms with Crippen LogP contribution in [0.5, 0.6) is 0 Å². The number of anilines is 1. The Labute approximate surface area is 167 Å². The van der Waals surface area contributed by atoms with Crippen LogP contribution in [0.2, 0.25) is 0 Å². The standard InChI is InChI=1S/C17H22N6O3S2/c18-10-13-14(21-22-16(13)19)5-1-7-20-17(24)12-4-2-8-23(11-12)28(25,26)15-6-3-9-27-15/h3,6,9,12H,1-2,4-5,7-8,11H2,(H,20,24)(H3,19,21,22). The summed E-state index contributed by atoms with van der Waals surface area (Å²) in [4.78, 5) is 12.5. The monoisotopic (exact) mass is 422 g/mol. The van der Waals surface area contributed by atoms with Crippen molar-refractivity contribution in [2.24, 2.45) is 5.92 Å². The number of H-pyrrole nitrogens is 1. The normalized spacial score (nSPS) is 17.9. The maximum Gasteiger partial charge on any atom is 0.252 e. The summed E-state index contributed by atoms with van der Waals surface area (Å²) in [6.45, 7) is 1.06. The molecule has 1 atom stereocenters. The van der Waals surface area contributed by atoms with Gasteiger partial charge in [-0.2, -0.15) is 14.7 Å². The molecule has 0 saturated carbocycles. The lowest BCUT2D eigenvalue weighted by Crippen LogP contribution is -2.45. The maximum atomic E-state index is 12.7. The third-order valence-corrected chi connectivity index (χ3v) is 7.97. The summed E-state index contributed by atoms with van der Waals surface area (Å²) in [5.41, 5.74) is 6.59. The second-order valence-corrected chi connectivity index (χ2v) is 9.72. The van der Waals surface area contributed by atoms with Gasteiger partial charge in [-0.1, -0.05) is 6.07 Å². The van der Waals surface area contributed by atoms with Crippen LogP contribution in [0.4, 0.5) is 5.82 Å². The van der Waals surface area contributed by atoms with Crippen LogP contribution in [-0.2, 0) is 21.2 Å². The van der Waals surface area contributed by atoms with Gasteiger partial charge in [0.15, 0.2) is 5.82 Å². The summed E-state index contributed by atoms with van der Waals surface area (Å²) in [5.74, 6) is -0.326. The van der Waals surface area contributed by atoms with Gasteiger partial charge in [-0.05, 0) is 37.1 Å². The summed E-state index contributed by atoms with van der Waals surface area (Å²) in [6, 6.07) is 5.30. The maximum absolute atomic E-state index is 12.7. The van der Waals surface area contributed by atoms with Crippen LogP contribution in [0.25, 0.3) is 0 Å². The first kappa shape index (κ1) is 20.3. The van der Waals surface area contributed by atoms with Crippen molar-refractivity contribution in [2.75, 3.05) is 25.4 Å². The highest BCUT2D eigenvalue weighted by atomic mass is 32.2. The molecule has 11 heteroatoms. The smallest absolute Gasteiger partial charge is 0.252 e. The average Bonchev–Trinajstić information content (AvgIpc) is 3.35. The quantitative estimate of drug-likeness (QED) is 0.569. The van der Waals surface area contributed by atoms with E-state index in [0.717, 1.165) is 0 Å². The van der Waals surface area contributed by atoms with Crippen molar-refractivity contribution in [3.05, 3.63) is 28.8 Å². The first-order valence-corrected chi connectivity index (χ1v) is 11.3. The number of nitriles is 1. The summed E-state index contributed by atoms with van der Waals surface area (Å²) in [7, 11) is -3.53. The number of sulfonamides is 1. The molecule has 0 aromatic carbocycles. The number of nitrogens with two attached hydrogens (primary N) is 1. The summed E-state index contributed by atoms with van der Waals surface area (Å²) in [5, 5.41) is 20.2. The Morgan fingerprint density at radius 3 is 3.07 bits per heavy atom. The molecule has 2 aromatic rings. The number of carbonyl (C=O) groups is 1. The van der Waals surface area contributed by atoms with Crippen molar-refractivity contribution in [1.82, 2.24) is 19.8 Å². The minimum atomic E-state index is -3.53. The lowest BCUT2D eigenvalue weighted by Gasteiger charge is -2.30. The van der Waals surface area contributed by atoms with Crippen molar-refractivity contribution in [3.63, 3.8) is 0 Å². The summed E-state index contributed by atoms with van der Waals surface area (Å²) >= 11 is 1.18. The molecule has 4 N–H and O–H groups in total. The highest BCUT2D eigenvalue weighted by Crippen LogP contribution is 2.26. The van der Waals surface area contributed by atoms with Gasteiger partial charge in [0.2, 0.25) is 5.91 Å². The highest BCUT2D eigenvalue weighted by molar-refractivity contribution is 7.91. The average molecular weight is 423 g/mol. The number of aromatic amines is 1. The molecule has 1 saturated heterocycles. The first-order valence-electron chi connectivity index (χ1n) is 8.97. The minimum Gasteiger partial charge on any atom is -0.381 e. The van der Waals surface area contributed by atoms with E-state index in [0.29, 0.717) is 54.2 Å². The zero-order valence-electron chi connectivity index (χ0n) is 15.2. The van der Waals surface area contributed by atoms with E-state index in [1.54, 1.807) is 17.5 Å². The molecule has 2 aromatic heterocycles. The van der Waals surface area contributed by atoms with Gasteiger partial charge in [-0.25, -0.2) is 8.42 Å². The number of carbonyl (C=O) groups excluding carboxylic acids is 1. The van der Waals surface area contributed by atoms with E-state index in [2.05, 4.69) is 15.5 Å². The number of rotatable bonds is 7. The van der Waals surface area contributed by atoms with Gasteiger partial charge in [0.1, 0.15) is 15.8 Å². The van der Waals surface area contributed by atoms with Gasteiger partial charge in [-0.15, -0.1) is 11.3 Å². The van der Waals surface area contributed by atoms with Crippen molar-refractivity contribution in [2.45, 2.75) is 29.9 Å². The van der Waals surface area contributed by atoms with Crippen LogP contribution in [-0.4, -0.2) is 48.5 Å². The highest BCUT2D eigenvalue weighted by Gasteiger charge is 2.33. The molecule has 9 nitrogen and oxygen atoms in total. The number of nitrogen functional groups attached to an aromatic ring is 1. The molecular weight excluding hydrogens is 400 g/mol. The molecule has 0 aliphatic carbocycles. The van der Waals surface area contributed by atoms with Crippen LogP contribution in [0.15, 0.2) is 21.7 Å². The Morgan fingerprint density at radius 2 is 2.36 bits per heavy atom. The van der Waals surface area contributed by atoms with E-state index in [9.17, 15) is 13.2 Å². The summed E-state index contributed by atoms with van der Waals surface area (Å²) in [6.07, 6.45) is 2.47. The Morgan fingerprint density at radius 1 is 1.54 bits per heavy atom. The predicted molar refractivity (Wildman–Crippen MR) is 105 cm³/mol. The molecule has 3 heterocycles. The van der Waals surface area contributed by atoms with Gasteiger partial charge in [-0.3, -0.25) is 9.89 Å². The van der Waals surface area contributed by atoms with E-state index in [1.807, 2.05) is 6.07 Å². The van der Waals surface area contributed by atoms with Crippen LogP contribution < -0.4 is 11.1 Å². The summed E-state index contributed by atoms with van der Waals surface area (Å²) < 4.78 is 27.0. The number of nitrogens with one attached hydrogen (secondary N) is 2. The van der Waals surface area contributed by atoms with Crippen LogP contribution in [0.3, 0.4) is 0 Å². The first-order chi connectivity index (χ1) is 13.4. The number of nitrogens with zero attached hydrogens (tertiary/aromatic N) is 3. The molecule has 1 amide bonds. The lowest BCUT2D eigenvalue weighted by atomic mass is 9.99. The van der Waals surface area contributed by atoms with E-state index >= 15 is 0 Å². The van der Waals surface area contributed by atoms with E-state index < -0.39 is 10.0 Å². The third-order valence-electron chi connectivity index (χ3n) is 4.73. The van der Waals surface area contributed by atoms with Crippen molar-refractivity contribution < 1.29 is 13.2 Å². The number of amides is 1. The number of hydrogen-bond donors (Lipinski definition) is 3. The van der Waals surface area contributed by atoms with Gasteiger partial charge in [0, 0.05) is 19.6 Å². The second-order valence-electron chi connectivity index (χ2n) is 6.60. The molecule has 1 aliphatic rings. The van der Waals surface area contributed by atoms with Crippen molar-refractivity contribution in [3.8, 4) is 6.07 Å². The molecule has 28 heavy (non-hydrogen) atoms. The Bertz CT molecular complexity index is 962. The molecule has 1 aliphatic heterocycles. The molecule has 1 unspecified atom stereocenters. The zero-order valence-corrected chi connectivity index (χ0v) is 16.9. The van der Waals surface area contributed by atoms with Gasteiger partial charge < -0.3 is 11.1 Å². The lowest BCUT2D eigenvalue weighted by molar-refractivity contribution is -0.126. The van der Waals surface area contributed by atoms with E-state index in [1.165, 1.54) is 15.6 Å². The fraction of sp³-hybridized carbons (Fsp3) is 0.471. The molecule has 0 radical (unpaired) electrons. The van der Waals surface area contributed by atoms with Crippen LogP contribution in [0, 0.1) is 17.2 Å². The van der Waals surface area contributed by atoms with Gasteiger partial charge in [0.25, 0.3) is 10.0 Å². The number of piperidine rings is 1. The predicted octanol–water partition coefficient (Wildman–Crippen LogP) is 1.07. The second kappa shape index (κ2) is 8.72. The Hall–Kier alpha value is -2.42. The molecule has 1 fully saturated rings. The Balaban J connectivity index is 1.50. The third kappa shape index (κ3) is 4.35. The van der Waals surface area contributed by atoms with E-state index in [4.69, 9.17) is 11.0 Å². The minimum absolute atomic E-state index is 0.143. The fourth-order valence-electron chi connectivity index (χ4n) is 3.23. The number of hydrogen-bond acceptors (Lipinski definition) is 7.